The predicted molar refractivity (Wildman–Crippen MR) is 95.0 cm³/mol. The van der Waals surface area contributed by atoms with Crippen molar-refractivity contribution < 1.29 is 17.7 Å². The van der Waals surface area contributed by atoms with Crippen molar-refractivity contribution in [3.63, 3.8) is 0 Å². The number of aryl methyl sites for hydroxylation is 1. The van der Waals surface area contributed by atoms with Gasteiger partial charge in [-0.3, -0.25) is 4.18 Å². The Morgan fingerprint density at radius 2 is 1.50 bits per heavy atom. The Labute approximate surface area is 144 Å². The number of rotatable bonds is 9. The fourth-order valence-electron chi connectivity index (χ4n) is 2.39. The van der Waals surface area contributed by atoms with Crippen LogP contribution in [0.1, 0.15) is 24.5 Å². The van der Waals surface area contributed by atoms with Crippen molar-refractivity contribution in [2.75, 3.05) is 6.61 Å². The minimum atomic E-state index is -3.69. The fourth-order valence-corrected chi connectivity index (χ4v) is 3.42. The Bertz CT molecular complexity index is 699. The SMILES string of the molecule is C[C@H](CCc1ccccc1)[C@@H](O)COS(=O)(=O)Cc1ccccc1. The van der Waals surface area contributed by atoms with Crippen molar-refractivity contribution >= 4 is 10.1 Å². The Hall–Kier alpha value is -1.69. The summed E-state index contributed by atoms with van der Waals surface area (Å²) in [6.45, 7) is 1.70. The number of aliphatic hydroxyl groups excluding tert-OH is 1. The van der Waals surface area contributed by atoms with E-state index in [1.165, 1.54) is 5.56 Å². The van der Waals surface area contributed by atoms with Gasteiger partial charge in [-0.05, 0) is 29.9 Å². The molecule has 2 aromatic carbocycles. The van der Waals surface area contributed by atoms with Crippen LogP contribution in [-0.4, -0.2) is 26.2 Å². The summed E-state index contributed by atoms with van der Waals surface area (Å²) in [6.07, 6.45) is 0.808. The zero-order valence-electron chi connectivity index (χ0n) is 13.8. The summed E-state index contributed by atoms with van der Waals surface area (Å²) in [4.78, 5) is 0. The van der Waals surface area contributed by atoms with E-state index in [1.54, 1.807) is 24.3 Å². The van der Waals surface area contributed by atoms with Crippen molar-refractivity contribution in [2.45, 2.75) is 31.6 Å². The first-order valence-electron chi connectivity index (χ1n) is 8.09. The van der Waals surface area contributed by atoms with Crippen LogP contribution in [-0.2, 0) is 26.5 Å². The third kappa shape index (κ3) is 6.43. The minimum Gasteiger partial charge on any atom is -0.390 e. The molecule has 2 aromatic rings. The van der Waals surface area contributed by atoms with Gasteiger partial charge >= 0.3 is 0 Å². The van der Waals surface area contributed by atoms with E-state index in [-0.39, 0.29) is 18.3 Å². The van der Waals surface area contributed by atoms with Gasteiger partial charge in [-0.1, -0.05) is 67.6 Å². The predicted octanol–water partition coefficient (Wildman–Crippen LogP) is 3.16. The molecule has 0 unspecified atom stereocenters. The summed E-state index contributed by atoms with van der Waals surface area (Å²) >= 11 is 0. The molecule has 0 saturated carbocycles. The van der Waals surface area contributed by atoms with Gasteiger partial charge in [0, 0.05) is 0 Å². The van der Waals surface area contributed by atoms with Gasteiger partial charge in [-0.25, -0.2) is 0 Å². The summed E-state index contributed by atoms with van der Waals surface area (Å²) in [7, 11) is -3.69. The lowest BCUT2D eigenvalue weighted by molar-refractivity contribution is 0.0628. The van der Waals surface area contributed by atoms with E-state index < -0.39 is 16.2 Å². The summed E-state index contributed by atoms with van der Waals surface area (Å²) in [5.74, 6) is -0.226. The van der Waals surface area contributed by atoms with Gasteiger partial charge in [-0.15, -0.1) is 0 Å². The second-order valence-corrected chi connectivity index (χ2v) is 7.68. The van der Waals surface area contributed by atoms with E-state index in [1.807, 2.05) is 43.3 Å². The molecule has 0 aliphatic rings. The lowest BCUT2D eigenvalue weighted by Crippen LogP contribution is -2.26. The van der Waals surface area contributed by atoms with Gasteiger partial charge in [0.05, 0.1) is 12.7 Å². The average Bonchev–Trinajstić information content (AvgIpc) is 2.59. The highest BCUT2D eigenvalue weighted by Crippen LogP contribution is 2.15. The molecule has 0 aliphatic heterocycles. The molecule has 0 spiro atoms. The van der Waals surface area contributed by atoms with E-state index in [9.17, 15) is 13.5 Å². The third-order valence-electron chi connectivity index (χ3n) is 3.99. The monoisotopic (exact) mass is 348 g/mol. The van der Waals surface area contributed by atoms with Gasteiger partial charge in [0.2, 0.25) is 0 Å². The van der Waals surface area contributed by atoms with Crippen LogP contribution >= 0.6 is 0 Å². The van der Waals surface area contributed by atoms with Crippen molar-refractivity contribution in [3.8, 4) is 0 Å². The summed E-state index contributed by atoms with van der Waals surface area (Å²) < 4.78 is 28.9. The second kappa shape index (κ2) is 8.97. The molecule has 1 N–H and O–H groups in total. The zero-order chi connectivity index (χ0) is 17.4. The summed E-state index contributed by atoms with van der Waals surface area (Å²) in [5.41, 5.74) is 1.87. The molecule has 24 heavy (non-hydrogen) atoms. The van der Waals surface area contributed by atoms with E-state index in [4.69, 9.17) is 4.18 Å². The molecule has 4 nitrogen and oxygen atoms in total. The average molecular weight is 348 g/mol. The highest BCUT2D eigenvalue weighted by atomic mass is 32.2. The maximum atomic E-state index is 12.0. The van der Waals surface area contributed by atoms with Gasteiger partial charge in [0.25, 0.3) is 10.1 Å². The lowest BCUT2D eigenvalue weighted by Gasteiger charge is -2.18. The smallest absolute Gasteiger partial charge is 0.271 e. The van der Waals surface area contributed by atoms with Crippen molar-refractivity contribution in [1.29, 1.82) is 0 Å². The number of hydrogen-bond acceptors (Lipinski definition) is 4. The highest BCUT2D eigenvalue weighted by Gasteiger charge is 2.19. The molecule has 0 aromatic heterocycles. The van der Waals surface area contributed by atoms with E-state index in [2.05, 4.69) is 0 Å². The molecular formula is C19H24O4S. The molecule has 5 heteroatoms. The first-order valence-corrected chi connectivity index (χ1v) is 9.67. The maximum absolute atomic E-state index is 12.0. The summed E-state index contributed by atoms with van der Waals surface area (Å²) in [6, 6.07) is 18.9. The molecule has 0 aliphatic carbocycles. The number of aliphatic hydroxyl groups is 1. The van der Waals surface area contributed by atoms with Crippen LogP contribution in [0.25, 0.3) is 0 Å². The standard InChI is InChI=1S/C19H24O4S/c1-16(12-13-17-8-4-2-5-9-17)19(20)14-23-24(21,22)15-18-10-6-3-7-11-18/h2-11,16,19-20H,12-15H2,1H3/t16-,19+/m1/s1. The van der Waals surface area contributed by atoms with Gasteiger partial charge in [0.1, 0.15) is 5.75 Å². The largest absolute Gasteiger partial charge is 0.390 e. The Kier molecular flexibility index (Phi) is 6.97. The molecule has 0 amide bonds. The van der Waals surface area contributed by atoms with Crippen LogP contribution in [0.4, 0.5) is 0 Å². The van der Waals surface area contributed by atoms with E-state index in [0.29, 0.717) is 5.56 Å². The molecule has 2 atom stereocenters. The van der Waals surface area contributed by atoms with Gasteiger partial charge < -0.3 is 5.11 Å². The Balaban J connectivity index is 1.77. The Morgan fingerprint density at radius 3 is 2.08 bits per heavy atom. The van der Waals surface area contributed by atoms with E-state index >= 15 is 0 Å². The fraction of sp³-hybridized carbons (Fsp3) is 0.368. The lowest BCUT2D eigenvalue weighted by atomic mass is 9.96. The van der Waals surface area contributed by atoms with Crippen LogP contribution < -0.4 is 0 Å². The van der Waals surface area contributed by atoms with Crippen molar-refractivity contribution in [3.05, 3.63) is 71.8 Å². The molecule has 2 rings (SSSR count). The Morgan fingerprint density at radius 1 is 0.958 bits per heavy atom. The number of hydrogen-bond donors (Lipinski definition) is 1. The summed E-state index contributed by atoms with van der Waals surface area (Å²) in [5, 5.41) is 10.1. The van der Waals surface area contributed by atoms with Crippen LogP contribution in [0.3, 0.4) is 0 Å². The van der Waals surface area contributed by atoms with Crippen LogP contribution in [0.15, 0.2) is 60.7 Å². The van der Waals surface area contributed by atoms with Crippen LogP contribution in [0.2, 0.25) is 0 Å². The van der Waals surface area contributed by atoms with E-state index in [0.717, 1.165) is 12.8 Å². The van der Waals surface area contributed by atoms with Gasteiger partial charge in [0.15, 0.2) is 0 Å². The number of benzene rings is 2. The maximum Gasteiger partial charge on any atom is 0.271 e. The molecule has 0 heterocycles. The molecule has 0 bridgehead atoms. The van der Waals surface area contributed by atoms with Crippen molar-refractivity contribution in [2.24, 2.45) is 5.92 Å². The molecular weight excluding hydrogens is 324 g/mol. The van der Waals surface area contributed by atoms with Crippen LogP contribution in [0.5, 0.6) is 0 Å². The third-order valence-corrected chi connectivity index (χ3v) is 5.17. The van der Waals surface area contributed by atoms with Crippen LogP contribution in [0, 0.1) is 5.92 Å². The normalized spacial score (nSPS) is 14.2. The quantitative estimate of drug-likeness (QED) is 0.707. The first kappa shape index (κ1) is 18.6. The second-order valence-electron chi connectivity index (χ2n) is 6.04. The molecule has 0 saturated heterocycles. The van der Waals surface area contributed by atoms with Gasteiger partial charge in [-0.2, -0.15) is 8.42 Å². The minimum absolute atomic E-state index is 0.0443. The highest BCUT2D eigenvalue weighted by molar-refractivity contribution is 7.85. The topological polar surface area (TPSA) is 63.6 Å². The molecule has 0 fully saturated rings. The molecule has 0 radical (unpaired) electrons. The molecule has 130 valence electrons. The first-order chi connectivity index (χ1) is 11.5. The van der Waals surface area contributed by atoms with Crippen molar-refractivity contribution in [1.82, 2.24) is 0 Å². The zero-order valence-corrected chi connectivity index (χ0v) is 14.7.